The number of carboxylic acid groups (broad SMARTS) is 1. The summed E-state index contributed by atoms with van der Waals surface area (Å²) in [5, 5.41) is 12.3. The Morgan fingerprint density at radius 2 is 2.26 bits per heavy atom. The van der Waals surface area contributed by atoms with Gasteiger partial charge in [0.05, 0.1) is 29.6 Å². The van der Waals surface area contributed by atoms with E-state index in [9.17, 15) is 14.0 Å². The van der Waals surface area contributed by atoms with E-state index in [1.54, 1.807) is 12.1 Å². The van der Waals surface area contributed by atoms with Crippen LogP contribution in [0, 0.1) is 5.82 Å². The van der Waals surface area contributed by atoms with Crippen molar-refractivity contribution >= 4 is 22.8 Å². The molecule has 3 rings (SSSR count). The fraction of sp³-hybridized carbons (Fsp3) is 0.312. The highest BCUT2D eigenvalue weighted by Crippen LogP contribution is 2.25. The van der Waals surface area contributed by atoms with E-state index in [4.69, 9.17) is 9.84 Å². The summed E-state index contributed by atoms with van der Waals surface area (Å²) in [5.74, 6) is -2.14. The van der Waals surface area contributed by atoms with Crippen molar-refractivity contribution in [2.24, 2.45) is 0 Å². The van der Waals surface area contributed by atoms with Gasteiger partial charge in [-0.2, -0.15) is 0 Å². The van der Waals surface area contributed by atoms with Crippen molar-refractivity contribution in [2.75, 3.05) is 13.2 Å². The van der Waals surface area contributed by atoms with E-state index < -0.39 is 23.2 Å². The average Bonchev–Trinajstić information content (AvgIpc) is 2.93. The highest BCUT2D eigenvalue weighted by molar-refractivity contribution is 6.05. The molecule has 0 radical (unpaired) electrons. The second-order valence-corrected chi connectivity index (χ2v) is 5.64. The van der Waals surface area contributed by atoms with E-state index in [1.165, 1.54) is 12.3 Å². The van der Waals surface area contributed by atoms with Crippen LogP contribution in [0.25, 0.3) is 10.9 Å². The van der Waals surface area contributed by atoms with Gasteiger partial charge < -0.3 is 15.2 Å². The Kier molecular flexibility index (Phi) is 3.96. The summed E-state index contributed by atoms with van der Waals surface area (Å²) in [6, 6.07) is 5.72. The van der Waals surface area contributed by atoms with Gasteiger partial charge in [0.15, 0.2) is 0 Å². The summed E-state index contributed by atoms with van der Waals surface area (Å²) in [4.78, 5) is 27.8. The first-order valence-electron chi connectivity index (χ1n) is 7.15. The minimum atomic E-state index is -1.03. The van der Waals surface area contributed by atoms with Gasteiger partial charge in [-0.1, -0.05) is 6.07 Å². The van der Waals surface area contributed by atoms with Crippen LogP contribution in [0.4, 0.5) is 4.39 Å². The number of amides is 1. The Hall–Kier alpha value is -2.54. The molecular weight excluding hydrogens is 303 g/mol. The first kappa shape index (κ1) is 15.4. The van der Waals surface area contributed by atoms with E-state index in [0.717, 1.165) is 6.07 Å². The fourth-order valence-corrected chi connectivity index (χ4v) is 2.82. The molecule has 6 nitrogen and oxygen atoms in total. The summed E-state index contributed by atoms with van der Waals surface area (Å²) in [7, 11) is 0. The molecule has 1 aromatic carbocycles. The minimum absolute atomic E-state index is 0.0808. The number of carbonyl (C=O) groups is 2. The van der Waals surface area contributed by atoms with Gasteiger partial charge in [0.1, 0.15) is 5.82 Å². The van der Waals surface area contributed by atoms with Gasteiger partial charge in [-0.3, -0.25) is 14.6 Å². The lowest BCUT2D eigenvalue weighted by Crippen LogP contribution is -2.50. The smallest absolute Gasteiger partial charge is 0.305 e. The third-order valence-corrected chi connectivity index (χ3v) is 3.89. The molecule has 2 N–H and O–H groups in total. The van der Waals surface area contributed by atoms with Gasteiger partial charge in [0, 0.05) is 18.2 Å². The number of carbonyl (C=O) groups excluding carboxylic acids is 1. The third kappa shape index (κ3) is 3.14. The van der Waals surface area contributed by atoms with E-state index >= 15 is 0 Å². The highest BCUT2D eigenvalue weighted by Gasteiger charge is 2.39. The van der Waals surface area contributed by atoms with Gasteiger partial charge in [-0.15, -0.1) is 0 Å². The summed E-state index contributed by atoms with van der Waals surface area (Å²) in [6.45, 7) is 0.488. The van der Waals surface area contributed by atoms with Crippen LogP contribution < -0.4 is 5.32 Å². The zero-order chi connectivity index (χ0) is 16.4. The molecule has 7 heteroatoms. The van der Waals surface area contributed by atoms with Crippen LogP contribution in [0.15, 0.2) is 30.5 Å². The Labute approximate surface area is 131 Å². The normalized spacial score (nSPS) is 20.6. The lowest BCUT2D eigenvalue weighted by atomic mass is 9.93. The number of hydrogen-bond acceptors (Lipinski definition) is 4. The van der Waals surface area contributed by atoms with Gasteiger partial charge in [-0.25, -0.2) is 4.39 Å². The number of rotatable bonds is 4. The van der Waals surface area contributed by atoms with Crippen LogP contribution in [-0.2, 0) is 9.53 Å². The predicted molar refractivity (Wildman–Crippen MR) is 79.6 cm³/mol. The number of ether oxygens (including phenoxy) is 1. The molecule has 1 unspecified atom stereocenters. The molecule has 2 aromatic rings. The van der Waals surface area contributed by atoms with E-state index in [1.807, 2.05) is 0 Å². The summed E-state index contributed by atoms with van der Waals surface area (Å²) >= 11 is 0. The molecule has 0 saturated carbocycles. The Morgan fingerprint density at radius 1 is 1.43 bits per heavy atom. The summed E-state index contributed by atoms with van der Waals surface area (Å²) in [6.07, 6.45) is 1.66. The largest absolute Gasteiger partial charge is 0.481 e. The molecule has 1 amide bonds. The lowest BCUT2D eigenvalue weighted by Gasteiger charge is -2.27. The summed E-state index contributed by atoms with van der Waals surface area (Å²) < 4.78 is 19.0. The predicted octanol–water partition coefficient (Wildman–Crippen LogP) is 1.74. The molecule has 1 aliphatic rings. The number of halogens is 1. The molecule has 2 heterocycles. The molecular formula is C16H15FN2O4. The zero-order valence-corrected chi connectivity index (χ0v) is 12.2. The Morgan fingerprint density at radius 3 is 2.96 bits per heavy atom. The van der Waals surface area contributed by atoms with E-state index in [-0.39, 0.29) is 18.6 Å². The average molecular weight is 318 g/mol. The maximum absolute atomic E-state index is 13.7. The Bertz CT molecular complexity index is 772. The molecule has 1 aliphatic heterocycles. The molecule has 1 atom stereocenters. The fourth-order valence-electron chi connectivity index (χ4n) is 2.82. The number of carboxylic acids is 1. The molecule has 0 bridgehead atoms. The van der Waals surface area contributed by atoms with Gasteiger partial charge >= 0.3 is 5.97 Å². The van der Waals surface area contributed by atoms with Crippen molar-refractivity contribution in [3.05, 3.63) is 41.8 Å². The second-order valence-electron chi connectivity index (χ2n) is 5.64. The molecule has 23 heavy (non-hydrogen) atoms. The van der Waals surface area contributed by atoms with Crippen LogP contribution in [0.3, 0.4) is 0 Å². The maximum Gasteiger partial charge on any atom is 0.305 e. The maximum atomic E-state index is 13.7. The molecule has 0 spiro atoms. The number of benzene rings is 1. The van der Waals surface area contributed by atoms with E-state index in [0.29, 0.717) is 23.9 Å². The first-order chi connectivity index (χ1) is 11.0. The van der Waals surface area contributed by atoms with Crippen LogP contribution >= 0.6 is 0 Å². The molecule has 1 fully saturated rings. The van der Waals surface area contributed by atoms with Crippen LogP contribution in [0.5, 0.6) is 0 Å². The summed E-state index contributed by atoms with van der Waals surface area (Å²) in [5.41, 5.74) is -0.524. The molecule has 1 aromatic heterocycles. The minimum Gasteiger partial charge on any atom is -0.481 e. The number of nitrogens with zero attached hydrogens (tertiary/aromatic N) is 1. The topological polar surface area (TPSA) is 88.5 Å². The van der Waals surface area contributed by atoms with Crippen LogP contribution in [0.2, 0.25) is 0 Å². The highest BCUT2D eigenvalue weighted by atomic mass is 19.1. The van der Waals surface area contributed by atoms with Crippen LogP contribution in [0.1, 0.15) is 23.2 Å². The van der Waals surface area contributed by atoms with Crippen molar-refractivity contribution in [2.45, 2.75) is 18.4 Å². The SMILES string of the molecule is O=C(O)CC1(NC(=O)c2cc(F)cc3cccnc23)CCOC1. The first-order valence-corrected chi connectivity index (χ1v) is 7.15. The van der Waals surface area contributed by atoms with Gasteiger partial charge in [-0.05, 0) is 24.6 Å². The molecule has 1 saturated heterocycles. The van der Waals surface area contributed by atoms with E-state index in [2.05, 4.69) is 10.3 Å². The van der Waals surface area contributed by atoms with Crippen molar-refractivity contribution in [3.63, 3.8) is 0 Å². The number of nitrogens with one attached hydrogen (secondary N) is 1. The number of pyridine rings is 1. The van der Waals surface area contributed by atoms with Crippen LogP contribution in [-0.4, -0.2) is 40.7 Å². The quantitative estimate of drug-likeness (QED) is 0.896. The molecule has 120 valence electrons. The van der Waals surface area contributed by atoms with Crippen molar-refractivity contribution in [1.82, 2.24) is 10.3 Å². The number of hydrogen-bond donors (Lipinski definition) is 2. The lowest BCUT2D eigenvalue weighted by molar-refractivity contribution is -0.138. The monoisotopic (exact) mass is 318 g/mol. The number of fused-ring (bicyclic) bond motifs is 1. The van der Waals surface area contributed by atoms with Crippen molar-refractivity contribution in [3.8, 4) is 0 Å². The second kappa shape index (κ2) is 5.92. The van der Waals surface area contributed by atoms with Crippen molar-refractivity contribution in [1.29, 1.82) is 0 Å². The van der Waals surface area contributed by atoms with Gasteiger partial charge in [0.25, 0.3) is 5.91 Å². The van der Waals surface area contributed by atoms with Gasteiger partial charge in [0.2, 0.25) is 0 Å². The number of aromatic nitrogens is 1. The Balaban J connectivity index is 1.95. The van der Waals surface area contributed by atoms with Crippen molar-refractivity contribution < 1.29 is 23.8 Å². The number of aliphatic carboxylic acids is 1. The third-order valence-electron chi connectivity index (χ3n) is 3.89. The molecule has 0 aliphatic carbocycles. The standard InChI is InChI=1S/C16H15FN2O4/c17-11-6-10-2-1-4-18-14(10)12(7-11)15(22)19-16(8-13(20)21)3-5-23-9-16/h1-2,4,6-7H,3,5,8-9H2,(H,19,22)(H,20,21). The zero-order valence-electron chi connectivity index (χ0n) is 12.2.